The molecule has 0 bridgehead atoms. The second-order valence-electron chi connectivity index (χ2n) is 3.53. The summed E-state index contributed by atoms with van der Waals surface area (Å²) in [6, 6.07) is 1.60. The number of aryl methyl sites for hydroxylation is 1. The summed E-state index contributed by atoms with van der Waals surface area (Å²) in [4.78, 5) is 8.15. The average Bonchev–Trinajstić information content (AvgIpc) is 2.26. The van der Waals surface area contributed by atoms with Crippen molar-refractivity contribution in [3.8, 4) is 0 Å². The Kier molecular flexibility index (Phi) is 4.45. The molecule has 4 N–H and O–H groups in total. The minimum absolute atomic E-state index is 0.287. The van der Waals surface area contributed by atoms with Crippen LogP contribution < -0.4 is 11.1 Å². The Balaban J connectivity index is 2.50. The molecule has 0 amide bonds. The SMILES string of the molecule is CCc1cc(NCC(N)C(C)O)ncn1. The molecule has 1 aromatic rings. The highest BCUT2D eigenvalue weighted by atomic mass is 16.3. The maximum absolute atomic E-state index is 9.20. The first-order chi connectivity index (χ1) is 7.13. The smallest absolute Gasteiger partial charge is 0.129 e. The molecule has 84 valence electrons. The molecule has 0 aliphatic rings. The number of anilines is 1. The molecule has 5 heteroatoms. The number of rotatable bonds is 5. The Labute approximate surface area is 89.7 Å². The fourth-order valence-electron chi connectivity index (χ4n) is 1.08. The van der Waals surface area contributed by atoms with Gasteiger partial charge in [0.15, 0.2) is 0 Å². The number of nitrogens with one attached hydrogen (secondary N) is 1. The first-order valence-electron chi connectivity index (χ1n) is 5.12. The second-order valence-corrected chi connectivity index (χ2v) is 3.53. The molecule has 5 nitrogen and oxygen atoms in total. The third-order valence-corrected chi connectivity index (χ3v) is 2.22. The number of aliphatic hydroxyl groups is 1. The number of nitrogens with zero attached hydrogens (tertiary/aromatic N) is 2. The maximum Gasteiger partial charge on any atom is 0.129 e. The van der Waals surface area contributed by atoms with Gasteiger partial charge in [-0.15, -0.1) is 0 Å². The van der Waals surface area contributed by atoms with Gasteiger partial charge in [-0.2, -0.15) is 0 Å². The summed E-state index contributed by atoms with van der Waals surface area (Å²) in [6.45, 7) is 4.20. The molecule has 0 radical (unpaired) electrons. The zero-order valence-electron chi connectivity index (χ0n) is 9.14. The van der Waals surface area contributed by atoms with Crippen LogP contribution in [-0.4, -0.2) is 33.8 Å². The van der Waals surface area contributed by atoms with E-state index in [9.17, 15) is 5.11 Å². The van der Waals surface area contributed by atoms with Gasteiger partial charge in [0, 0.05) is 24.3 Å². The molecule has 15 heavy (non-hydrogen) atoms. The molecule has 0 fully saturated rings. The van der Waals surface area contributed by atoms with Gasteiger partial charge in [-0.1, -0.05) is 6.92 Å². The Morgan fingerprint density at radius 3 is 2.87 bits per heavy atom. The largest absolute Gasteiger partial charge is 0.392 e. The van der Waals surface area contributed by atoms with Gasteiger partial charge in [0.05, 0.1) is 6.10 Å². The predicted molar refractivity (Wildman–Crippen MR) is 59.6 cm³/mol. The minimum Gasteiger partial charge on any atom is -0.392 e. The highest BCUT2D eigenvalue weighted by Gasteiger charge is 2.08. The normalized spacial score (nSPS) is 14.7. The summed E-state index contributed by atoms with van der Waals surface area (Å²) in [7, 11) is 0. The Morgan fingerprint density at radius 1 is 1.53 bits per heavy atom. The lowest BCUT2D eigenvalue weighted by Gasteiger charge is -2.15. The van der Waals surface area contributed by atoms with Crippen LogP contribution in [0.15, 0.2) is 12.4 Å². The van der Waals surface area contributed by atoms with E-state index in [4.69, 9.17) is 5.73 Å². The molecule has 0 aliphatic heterocycles. The van der Waals surface area contributed by atoms with Crippen molar-refractivity contribution in [1.82, 2.24) is 9.97 Å². The number of aromatic nitrogens is 2. The van der Waals surface area contributed by atoms with Gasteiger partial charge in [-0.05, 0) is 13.3 Å². The van der Waals surface area contributed by atoms with Gasteiger partial charge >= 0.3 is 0 Å². The van der Waals surface area contributed by atoms with E-state index in [0.717, 1.165) is 17.9 Å². The summed E-state index contributed by atoms with van der Waals surface area (Å²) in [5, 5.41) is 12.3. The zero-order valence-corrected chi connectivity index (χ0v) is 9.14. The lowest BCUT2D eigenvalue weighted by atomic mass is 10.2. The van der Waals surface area contributed by atoms with Crippen molar-refractivity contribution in [2.24, 2.45) is 5.73 Å². The second kappa shape index (κ2) is 5.63. The Morgan fingerprint density at radius 2 is 2.27 bits per heavy atom. The molecule has 1 rings (SSSR count). The van der Waals surface area contributed by atoms with Crippen molar-refractivity contribution in [3.05, 3.63) is 18.1 Å². The molecule has 0 saturated carbocycles. The molecular formula is C10H18N4O. The summed E-state index contributed by atoms with van der Waals surface area (Å²) in [6.07, 6.45) is 1.87. The average molecular weight is 210 g/mol. The lowest BCUT2D eigenvalue weighted by Crippen LogP contribution is -2.38. The van der Waals surface area contributed by atoms with Crippen LogP contribution in [0.2, 0.25) is 0 Å². The third kappa shape index (κ3) is 3.81. The molecule has 2 unspecified atom stereocenters. The molecular weight excluding hydrogens is 192 g/mol. The van der Waals surface area contributed by atoms with Gasteiger partial charge in [0.2, 0.25) is 0 Å². The van der Waals surface area contributed by atoms with Crippen molar-refractivity contribution in [3.63, 3.8) is 0 Å². The van der Waals surface area contributed by atoms with E-state index in [0.29, 0.717) is 6.54 Å². The molecule has 2 atom stereocenters. The van der Waals surface area contributed by atoms with Crippen LogP contribution in [0.4, 0.5) is 5.82 Å². The summed E-state index contributed by atoms with van der Waals surface area (Å²) in [5.74, 6) is 0.748. The van der Waals surface area contributed by atoms with Crippen LogP contribution in [0.1, 0.15) is 19.5 Å². The van der Waals surface area contributed by atoms with E-state index in [-0.39, 0.29) is 6.04 Å². The van der Waals surface area contributed by atoms with E-state index < -0.39 is 6.10 Å². The van der Waals surface area contributed by atoms with Crippen LogP contribution >= 0.6 is 0 Å². The van der Waals surface area contributed by atoms with Crippen LogP contribution in [0.3, 0.4) is 0 Å². The van der Waals surface area contributed by atoms with Crippen LogP contribution in [0.25, 0.3) is 0 Å². The standard InChI is InChI=1S/C10H18N4O/c1-3-8-4-10(14-6-13-8)12-5-9(11)7(2)15/h4,6-7,9,15H,3,5,11H2,1-2H3,(H,12,13,14). The van der Waals surface area contributed by atoms with Crippen LogP contribution in [0.5, 0.6) is 0 Å². The van der Waals surface area contributed by atoms with E-state index >= 15 is 0 Å². The van der Waals surface area contributed by atoms with E-state index in [2.05, 4.69) is 15.3 Å². The summed E-state index contributed by atoms with van der Waals surface area (Å²) < 4.78 is 0. The summed E-state index contributed by atoms with van der Waals surface area (Å²) >= 11 is 0. The minimum atomic E-state index is -0.523. The zero-order chi connectivity index (χ0) is 11.3. The van der Waals surface area contributed by atoms with Crippen molar-refractivity contribution in [2.75, 3.05) is 11.9 Å². The molecule has 0 spiro atoms. The number of aliphatic hydroxyl groups excluding tert-OH is 1. The van der Waals surface area contributed by atoms with Crippen LogP contribution in [0, 0.1) is 0 Å². The maximum atomic E-state index is 9.20. The predicted octanol–water partition coefficient (Wildman–Crippen LogP) is 0.159. The highest BCUT2D eigenvalue weighted by Crippen LogP contribution is 2.04. The van der Waals surface area contributed by atoms with Gasteiger partial charge in [-0.25, -0.2) is 9.97 Å². The highest BCUT2D eigenvalue weighted by molar-refractivity contribution is 5.34. The lowest BCUT2D eigenvalue weighted by molar-refractivity contribution is 0.168. The topological polar surface area (TPSA) is 84.1 Å². The first kappa shape index (κ1) is 11.9. The molecule has 1 aromatic heterocycles. The number of hydrogen-bond donors (Lipinski definition) is 3. The fourth-order valence-corrected chi connectivity index (χ4v) is 1.08. The molecule has 0 aromatic carbocycles. The molecule has 0 aliphatic carbocycles. The van der Waals surface area contributed by atoms with Crippen molar-refractivity contribution in [1.29, 1.82) is 0 Å². The third-order valence-electron chi connectivity index (χ3n) is 2.22. The van der Waals surface area contributed by atoms with Crippen molar-refractivity contribution >= 4 is 5.82 Å². The fraction of sp³-hybridized carbons (Fsp3) is 0.600. The number of nitrogens with two attached hydrogens (primary N) is 1. The van der Waals surface area contributed by atoms with Crippen LogP contribution in [-0.2, 0) is 6.42 Å². The van der Waals surface area contributed by atoms with E-state index in [1.54, 1.807) is 6.92 Å². The van der Waals surface area contributed by atoms with Crippen molar-refractivity contribution in [2.45, 2.75) is 32.4 Å². The quantitative estimate of drug-likeness (QED) is 0.644. The van der Waals surface area contributed by atoms with Gasteiger partial charge in [0.1, 0.15) is 12.1 Å². The van der Waals surface area contributed by atoms with Gasteiger partial charge < -0.3 is 16.2 Å². The van der Waals surface area contributed by atoms with Gasteiger partial charge in [0.25, 0.3) is 0 Å². The van der Waals surface area contributed by atoms with Gasteiger partial charge in [-0.3, -0.25) is 0 Å². The molecule has 0 saturated heterocycles. The van der Waals surface area contributed by atoms with Crippen molar-refractivity contribution < 1.29 is 5.11 Å². The van der Waals surface area contributed by atoms with E-state index in [1.165, 1.54) is 6.33 Å². The Bertz CT molecular complexity index is 303. The molecule has 1 heterocycles. The monoisotopic (exact) mass is 210 g/mol. The first-order valence-corrected chi connectivity index (χ1v) is 5.12. The summed E-state index contributed by atoms with van der Waals surface area (Å²) in [5.41, 5.74) is 6.66. The van der Waals surface area contributed by atoms with E-state index in [1.807, 2.05) is 13.0 Å². The number of hydrogen-bond acceptors (Lipinski definition) is 5. The Hall–Kier alpha value is -1.20.